The Morgan fingerprint density at radius 3 is 2.59 bits per heavy atom. The molecular weight excluding hydrogens is 360 g/mol. The summed E-state index contributed by atoms with van der Waals surface area (Å²) < 4.78 is 5.41. The lowest BCUT2D eigenvalue weighted by Gasteiger charge is -2.66. The normalized spacial score (nSPS) is 47.9. The molecule has 2 fully saturated rings. The van der Waals surface area contributed by atoms with Crippen LogP contribution in [0.2, 0.25) is 0 Å². The average molecular weight is 395 g/mol. The lowest BCUT2D eigenvalue weighted by atomic mass is 9.38. The number of furan rings is 1. The summed E-state index contributed by atoms with van der Waals surface area (Å²) in [6.45, 7) is 11.2. The maximum atomic E-state index is 12.7. The van der Waals surface area contributed by atoms with Gasteiger partial charge in [-0.3, -0.25) is 4.79 Å². The second-order valence-electron chi connectivity index (χ2n) is 11.3. The molecule has 1 heterocycles. The van der Waals surface area contributed by atoms with Crippen molar-refractivity contribution in [1.82, 2.24) is 0 Å². The van der Waals surface area contributed by atoms with E-state index in [1.165, 1.54) is 11.1 Å². The fourth-order valence-corrected chi connectivity index (χ4v) is 8.25. The van der Waals surface area contributed by atoms with E-state index < -0.39 is 11.5 Å². The van der Waals surface area contributed by atoms with E-state index in [-0.39, 0.29) is 27.9 Å². The van der Waals surface area contributed by atoms with Crippen molar-refractivity contribution in [3.8, 4) is 0 Å². The molecule has 3 nitrogen and oxygen atoms in total. The number of fused-ring (bicyclic) bond motifs is 5. The lowest BCUT2D eigenvalue weighted by molar-refractivity contribution is -0.163. The summed E-state index contributed by atoms with van der Waals surface area (Å²) in [6.07, 6.45) is 13.6. The van der Waals surface area contributed by atoms with Crippen LogP contribution in [0.1, 0.15) is 71.8 Å². The van der Waals surface area contributed by atoms with Crippen LogP contribution in [0, 0.1) is 33.5 Å². The zero-order valence-electron chi connectivity index (χ0n) is 18.4. The Hall–Kier alpha value is -1.61. The highest BCUT2D eigenvalue weighted by atomic mass is 16.3. The average Bonchev–Trinajstić information content (AvgIpc) is 3.29. The molecule has 2 saturated carbocycles. The monoisotopic (exact) mass is 394 g/mol. The van der Waals surface area contributed by atoms with Crippen molar-refractivity contribution in [2.45, 2.75) is 72.3 Å². The van der Waals surface area contributed by atoms with E-state index in [1.807, 2.05) is 12.3 Å². The quantitative estimate of drug-likeness (QED) is 0.625. The number of carbonyl (C=O) groups excluding carboxylic acids is 1. The first-order valence-electron chi connectivity index (χ1n) is 11.2. The SMILES string of the molecule is CC1(C)C(=O)C=C[C@@]2(C)[C@H]3CC[C@]4(C)C(=CC[C@@H]4c4ccoc4)[C@@]3(C)[C@@H](O)C[C@@H]12. The van der Waals surface area contributed by atoms with Crippen LogP contribution in [0.4, 0.5) is 0 Å². The van der Waals surface area contributed by atoms with E-state index in [4.69, 9.17) is 4.42 Å². The van der Waals surface area contributed by atoms with Gasteiger partial charge in [-0.05, 0) is 72.0 Å². The maximum absolute atomic E-state index is 12.7. The van der Waals surface area contributed by atoms with Crippen molar-refractivity contribution in [1.29, 1.82) is 0 Å². The van der Waals surface area contributed by atoms with Crippen LogP contribution < -0.4 is 0 Å². The highest BCUT2D eigenvalue weighted by molar-refractivity contribution is 5.95. The Morgan fingerprint density at radius 2 is 1.90 bits per heavy atom. The zero-order chi connectivity index (χ0) is 20.8. The fraction of sp³-hybridized carbons (Fsp3) is 0.654. The third kappa shape index (κ3) is 2.20. The summed E-state index contributed by atoms with van der Waals surface area (Å²) >= 11 is 0. The molecule has 0 aliphatic heterocycles. The van der Waals surface area contributed by atoms with Gasteiger partial charge in [0.15, 0.2) is 5.78 Å². The summed E-state index contributed by atoms with van der Waals surface area (Å²) in [7, 11) is 0. The van der Waals surface area contributed by atoms with E-state index in [2.05, 4.69) is 52.8 Å². The van der Waals surface area contributed by atoms with Gasteiger partial charge in [-0.25, -0.2) is 0 Å². The topological polar surface area (TPSA) is 50.4 Å². The minimum Gasteiger partial charge on any atom is -0.472 e. The van der Waals surface area contributed by atoms with Gasteiger partial charge in [-0.2, -0.15) is 0 Å². The molecule has 1 aromatic rings. The summed E-state index contributed by atoms with van der Waals surface area (Å²) in [5, 5.41) is 11.6. The first kappa shape index (κ1) is 19.4. The lowest BCUT2D eigenvalue weighted by Crippen LogP contribution is -2.63. The van der Waals surface area contributed by atoms with Gasteiger partial charge >= 0.3 is 0 Å². The Balaban J connectivity index is 1.60. The number of ketones is 1. The van der Waals surface area contributed by atoms with Gasteiger partial charge < -0.3 is 9.52 Å². The number of allylic oxidation sites excluding steroid dienone is 3. The summed E-state index contributed by atoms with van der Waals surface area (Å²) in [4.78, 5) is 12.7. The van der Waals surface area contributed by atoms with Crippen LogP contribution in [0.3, 0.4) is 0 Å². The highest BCUT2D eigenvalue weighted by Crippen LogP contribution is 2.72. The summed E-state index contributed by atoms with van der Waals surface area (Å²) in [5.41, 5.74) is 2.04. The van der Waals surface area contributed by atoms with Gasteiger partial charge in [0.1, 0.15) is 0 Å². The molecule has 0 amide bonds. The second-order valence-corrected chi connectivity index (χ2v) is 11.3. The Labute approximate surface area is 174 Å². The third-order valence-electron chi connectivity index (χ3n) is 9.90. The third-order valence-corrected chi connectivity index (χ3v) is 9.90. The molecule has 0 spiro atoms. The van der Waals surface area contributed by atoms with Gasteiger partial charge in [-0.15, -0.1) is 0 Å². The second kappa shape index (κ2) is 5.75. The van der Waals surface area contributed by atoms with Crippen molar-refractivity contribution in [3.63, 3.8) is 0 Å². The first-order valence-corrected chi connectivity index (χ1v) is 11.2. The Kier molecular flexibility index (Phi) is 3.84. The van der Waals surface area contributed by atoms with Crippen LogP contribution in [-0.2, 0) is 4.79 Å². The van der Waals surface area contributed by atoms with E-state index in [0.29, 0.717) is 18.3 Å². The molecule has 0 unspecified atom stereocenters. The van der Waals surface area contributed by atoms with Gasteiger partial charge in [0.05, 0.1) is 18.6 Å². The Bertz CT molecular complexity index is 906. The van der Waals surface area contributed by atoms with Crippen molar-refractivity contribution < 1.29 is 14.3 Å². The molecule has 4 aliphatic rings. The molecular formula is C26H34O3. The van der Waals surface area contributed by atoms with Crippen LogP contribution in [0.5, 0.6) is 0 Å². The number of aliphatic hydroxyl groups excluding tert-OH is 1. The molecule has 0 saturated heterocycles. The van der Waals surface area contributed by atoms with Crippen LogP contribution in [0.25, 0.3) is 0 Å². The number of hydrogen-bond donors (Lipinski definition) is 1. The largest absolute Gasteiger partial charge is 0.472 e. The van der Waals surface area contributed by atoms with Crippen LogP contribution in [-0.4, -0.2) is 17.0 Å². The van der Waals surface area contributed by atoms with Crippen molar-refractivity contribution in [2.75, 3.05) is 0 Å². The number of aliphatic hydroxyl groups is 1. The Morgan fingerprint density at radius 1 is 1.14 bits per heavy atom. The van der Waals surface area contributed by atoms with E-state index in [9.17, 15) is 9.90 Å². The summed E-state index contributed by atoms with van der Waals surface area (Å²) in [6, 6.07) is 2.10. The minimum absolute atomic E-state index is 0.0585. The maximum Gasteiger partial charge on any atom is 0.161 e. The van der Waals surface area contributed by atoms with E-state index in [1.54, 1.807) is 6.26 Å². The molecule has 156 valence electrons. The molecule has 29 heavy (non-hydrogen) atoms. The molecule has 0 aromatic carbocycles. The number of hydrogen-bond acceptors (Lipinski definition) is 3. The highest BCUT2D eigenvalue weighted by Gasteiger charge is 2.67. The van der Waals surface area contributed by atoms with Gasteiger partial charge in [-0.1, -0.05) is 52.3 Å². The molecule has 5 rings (SSSR count). The van der Waals surface area contributed by atoms with Crippen molar-refractivity contribution in [2.24, 2.45) is 33.5 Å². The predicted octanol–water partition coefficient (Wildman–Crippen LogP) is 5.67. The fourth-order valence-electron chi connectivity index (χ4n) is 8.25. The number of rotatable bonds is 1. The molecule has 3 heteroatoms. The van der Waals surface area contributed by atoms with E-state index >= 15 is 0 Å². The summed E-state index contributed by atoms with van der Waals surface area (Å²) in [5.74, 6) is 1.15. The van der Waals surface area contributed by atoms with Crippen molar-refractivity contribution >= 4 is 5.78 Å². The smallest absolute Gasteiger partial charge is 0.161 e. The predicted molar refractivity (Wildman–Crippen MR) is 113 cm³/mol. The first-order chi connectivity index (χ1) is 13.6. The van der Waals surface area contributed by atoms with E-state index in [0.717, 1.165) is 19.3 Å². The standard InChI is InChI=1S/C26H34O3/c1-23(2)20-14-22(28)26(5)18-7-6-17(16-10-13-29-15-16)24(18,3)11-8-19(26)25(20,4)12-9-21(23)27/h7,9-10,12-13,15,17,19-20,22,28H,6,8,11,14H2,1-5H3/t17-,19-,20+,22+,24+,25+,26-/m1/s1. The van der Waals surface area contributed by atoms with Gasteiger partial charge in [0.2, 0.25) is 0 Å². The van der Waals surface area contributed by atoms with Crippen LogP contribution >= 0.6 is 0 Å². The molecule has 7 atom stereocenters. The molecule has 0 radical (unpaired) electrons. The van der Waals surface area contributed by atoms with Crippen LogP contribution in [0.15, 0.2) is 46.8 Å². The molecule has 1 aromatic heterocycles. The molecule has 0 bridgehead atoms. The molecule has 1 N–H and O–H groups in total. The number of carbonyl (C=O) groups is 1. The van der Waals surface area contributed by atoms with Crippen molar-refractivity contribution in [3.05, 3.63) is 48.0 Å². The minimum atomic E-state index is -0.421. The molecule has 4 aliphatic carbocycles. The van der Waals surface area contributed by atoms with Gasteiger partial charge in [0, 0.05) is 10.8 Å². The zero-order valence-corrected chi connectivity index (χ0v) is 18.4. The van der Waals surface area contributed by atoms with Gasteiger partial charge in [0.25, 0.3) is 0 Å².